The summed E-state index contributed by atoms with van der Waals surface area (Å²) in [5.41, 5.74) is 0.544. The molecule has 9 heteroatoms. The first-order valence-corrected chi connectivity index (χ1v) is 9.09. The molecule has 29 heavy (non-hydrogen) atoms. The van der Waals surface area contributed by atoms with E-state index >= 15 is 0 Å². The number of carbonyl (C=O) groups excluding carboxylic acids is 1. The summed E-state index contributed by atoms with van der Waals surface area (Å²) >= 11 is 0. The molecular weight excluding hydrogens is 383 g/mol. The topological polar surface area (TPSA) is 54.3 Å². The highest BCUT2D eigenvalue weighted by Crippen LogP contribution is 2.29. The van der Waals surface area contributed by atoms with E-state index in [1.54, 1.807) is 22.0 Å². The van der Waals surface area contributed by atoms with E-state index in [9.17, 15) is 18.0 Å². The molecule has 0 unspecified atom stereocenters. The van der Waals surface area contributed by atoms with Gasteiger partial charge in [0.15, 0.2) is 0 Å². The lowest BCUT2D eigenvalue weighted by atomic mass is 10.2. The summed E-state index contributed by atoms with van der Waals surface area (Å²) in [5, 5.41) is 0. The highest BCUT2D eigenvalue weighted by molar-refractivity contribution is 5.93. The van der Waals surface area contributed by atoms with Crippen LogP contribution in [-0.2, 0) is 6.18 Å². The Bertz CT molecular complexity index is 977. The molecule has 1 aromatic carbocycles. The molecule has 0 spiro atoms. The molecule has 0 saturated carbocycles. The summed E-state index contributed by atoms with van der Waals surface area (Å²) in [6.07, 6.45) is -0.423. The van der Waals surface area contributed by atoms with Crippen LogP contribution in [0.1, 0.15) is 16.1 Å². The second-order valence-electron chi connectivity index (χ2n) is 6.67. The number of hydrogen-bond acceptors (Lipinski definition) is 4. The molecule has 2 aromatic heterocycles. The maximum atomic E-state index is 13.0. The van der Waals surface area contributed by atoms with Gasteiger partial charge in [-0.05, 0) is 24.3 Å². The molecule has 3 aromatic rings. The van der Waals surface area contributed by atoms with Gasteiger partial charge in [0.1, 0.15) is 11.5 Å². The number of benzene rings is 1. The van der Waals surface area contributed by atoms with Gasteiger partial charge in [-0.15, -0.1) is 0 Å². The van der Waals surface area contributed by atoms with Crippen molar-refractivity contribution in [2.45, 2.75) is 6.18 Å². The van der Waals surface area contributed by atoms with Crippen molar-refractivity contribution in [3.05, 3.63) is 72.4 Å². The zero-order chi connectivity index (χ0) is 20.4. The van der Waals surface area contributed by atoms with Gasteiger partial charge < -0.3 is 9.80 Å². The first kappa shape index (κ1) is 19.0. The van der Waals surface area contributed by atoms with Gasteiger partial charge >= 0.3 is 6.18 Å². The summed E-state index contributed by atoms with van der Waals surface area (Å²) in [4.78, 5) is 24.6. The number of halogens is 3. The molecule has 4 rings (SSSR count). The molecule has 0 radical (unpaired) electrons. The summed E-state index contributed by atoms with van der Waals surface area (Å²) in [7, 11) is 0. The molecule has 1 aliphatic heterocycles. The minimum absolute atomic E-state index is 0.133. The molecule has 0 aliphatic carbocycles. The molecule has 1 fully saturated rings. The first-order valence-electron chi connectivity index (χ1n) is 9.09. The summed E-state index contributed by atoms with van der Waals surface area (Å²) < 4.78 is 39.8. The Labute approximate surface area is 165 Å². The number of alkyl halides is 3. The van der Waals surface area contributed by atoms with E-state index in [0.717, 1.165) is 18.0 Å². The number of amides is 1. The number of piperazine rings is 1. The molecule has 3 heterocycles. The van der Waals surface area contributed by atoms with Crippen LogP contribution in [0.15, 0.2) is 61.2 Å². The minimum Gasteiger partial charge on any atom is -0.353 e. The van der Waals surface area contributed by atoms with Crippen LogP contribution in [0.5, 0.6) is 0 Å². The highest BCUT2D eigenvalue weighted by Gasteiger charge is 2.31. The number of carbonyl (C=O) groups is 1. The Hall–Kier alpha value is -3.36. The SMILES string of the molecule is O=C(c1cncn1-c1ccccc1)N1CCN(c2ccc(C(F)(F)F)cn2)CC1. The molecule has 6 nitrogen and oxygen atoms in total. The molecule has 1 aliphatic rings. The van der Waals surface area contributed by atoms with E-state index < -0.39 is 11.7 Å². The number of hydrogen-bond donors (Lipinski definition) is 0. The van der Waals surface area contributed by atoms with Crippen molar-refractivity contribution in [3.63, 3.8) is 0 Å². The molecular formula is C20H18F3N5O. The normalized spacial score (nSPS) is 14.9. The van der Waals surface area contributed by atoms with Crippen molar-refractivity contribution in [2.24, 2.45) is 0 Å². The van der Waals surface area contributed by atoms with E-state index in [4.69, 9.17) is 0 Å². The van der Waals surface area contributed by atoms with Crippen LogP contribution < -0.4 is 4.90 Å². The van der Waals surface area contributed by atoms with Crippen LogP contribution in [0.2, 0.25) is 0 Å². The maximum Gasteiger partial charge on any atom is 0.417 e. The van der Waals surface area contributed by atoms with Gasteiger partial charge in [-0.1, -0.05) is 18.2 Å². The lowest BCUT2D eigenvalue weighted by molar-refractivity contribution is -0.137. The number of imidazole rings is 1. The van der Waals surface area contributed by atoms with Crippen LogP contribution in [-0.4, -0.2) is 51.5 Å². The van der Waals surface area contributed by atoms with E-state index in [2.05, 4.69) is 9.97 Å². The average Bonchev–Trinajstić information content (AvgIpc) is 3.23. The Kier molecular flexibility index (Phi) is 4.96. The predicted molar refractivity (Wildman–Crippen MR) is 101 cm³/mol. The minimum atomic E-state index is -4.40. The van der Waals surface area contributed by atoms with Crippen molar-refractivity contribution in [1.29, 1.82) is 0 Å². The number of para-hydroxylation sites is 1. The van der Waals surface area contributed by atoms with Crippen LogP contribution >= 0.6 is 0 Å². The summed E-state index contributed by atoms with van der Waals surface area (Å²) in [6.45, 7) is 1.87. The van der Waals surface area contributed by atoms with Crippen molar-refractivity contribution in [3.8, 4) is 5.69 Å². The Morgan fingerprint density at radius 1 is 0.931 bits per heavy atom. The Balaban J connectivity index is 1.43. The fourth-order valence-corrected chi connectivity index (χ4v) is 3.29. The first-order chi connectivity index (χ1) is 13.9. The van der Waals surface area contributed by atoms with Gasteiger partial charge in [0.05, 0.1) is 18.1 Å². The van der Waals surface area contributed by atoms with Crippen molar-refractivity contribution >= 4 is 11.7 Å². The average molecular weight is 401 g/mol. The molecule has 0 N–H and O–H groups in total. The molecule has 1 amide bonds. The third-order valence-corrected chi connectivity index (χ3v) is 4.86. The lowest BCUT2D eigenvalue weighted by Gasteiger charge is -2.35. The molecule has 0 atom stereocenters. The van der Waals surface area contributed by atoms with Gasteiger partial charge in [-0.3, -0.25) is 9.36 Å². The zero-order valence-corrected chi connectivity index (χ0v) is 15.4. The molecule has 0 bridgehead atoms. The lowest BCUT2D eigenvalue weighted by Crippen LogP contribution is -2.49. The summed E-state index contributed by atoms with van der Waals surface area (Å²) in [5.74, 6) is 0.339. The predicted octanol–water partition coefficient (Wildman–Crippen LogP) is 3.25. The van der Waals surface area contributed by atoms with Gasteiger partial charge in [0, 0.05) is 38.1 Å². The largest absolute Gasteiger partial charge is 0.417 e. The quantitative estimate of drug-likeness (QED) is 0.676. The van der Waals surface area contributed by atoms with E-state index in [0.29, 0.717) is 37.7 Å². The second kappa shape index (κ2) is 7.57. The van der Waals surface area contributed by atoms with E-state index in [1.807, 2.05) is 35.2 Å². The van der Waals surface area contributed by atoms with Gasteiger partial charge in [-0.2, -0.15) is 13.2 Å². The van der Waals surface area contributed by atoms with Crippen molar-refractivity contribution < 1.29 is 18.0 Å². The van der Waals surface area contributed by atoms with Crippen LogP contribution in [0.4, 0.5) is 19.0 Å². The van der Waals surface area contributed by atoms with Crippen molar-refractivity contribution in [2.75, 3.05) is 31.1 Å². The second-order valence-corrected chi connectivity index (χ2v) is 6.67. The summed E-state index contributed by atoms with van der Waals surface area (Å²) in [6, 6.07) is 11.9. The fourth-order valence-electron chi connectivity index (χ4n) is 3.29. The molecule has 1 saturated heterocycles. The Morgan fingerprint density at radius 2 is 1.66 bits per heavy atom. The number of pyridine rings is 1. The van der Waals surface area contributed by atoms with Crippen LogP contribution in [0.25, 0.3) is 5.69 Å². The standard InChI is InChI=1S/C20H18F3N5O/c21-20(22,23)15-6-7-18(25-12-15)26-8-10-27(11-9-26)19(29)17-13-24-14-28(17)16-4-2-1-3-5-16/h1-7,12-14H,8-11H2. The van der Waals surface area contributed by atoms with Gasteiger partial charge in [-0.25, -0.2) is 9.97 Å². The highest BCUT2D eigenvalue weighted by atomic mass is 19.4. The van der Waals surface area contributed by atoms with Crippen LogP contribution in [0, 0.1) is 0 Å². The maximum absolute atomic E-state index is 13.0. The number of rotatable bonds is 3. The number of aromatic nitrogens is 3. The van der Waals surface area contributed by atoms with Gasteiger partial charge in [0.2, 0.25) is 0 Å². The number of nitrogens with zero attached hydrogens (tertiary/aromatic N) is 5. The van der Waals surface area contributed by atoms with E-state index in [-0.39, 0.29) is 5.91 Å². The third kappa shape index (κ3) is 3.94. The third-order valence-electron chi connectivity index (χ3n) is 4.86. The molecule has 150 valence electrons. The fraction of sp³-hybridized carbons (Fsp3) is 0.250. The zero-order valence-electron chi connectivity index (χ0n) is 15.4. The van der Waals surface area contributed by atoms with Gasteiger partial charge in [0.25, 0.3) is 5.91 Å². The Morgan fingerprint density at radius 3 is 2.28 bits per heavy atom. The van der Waals surface area contributed by atoms with Crippen molar-refractivity contribution in [1.82, 2.24) is 19.4 Å². The van der Waals surface area contributed by atoms with E-state index in [1.165, 1.54) is 6.07 Å². The number of anilines is 1. The van der Waals surface area contributed by atoms with Crippen LogP contribution in [0.3, 0.4) is 0 Å². The monoisotopic (exact) mass is 401 g/mol. The smallest absolute Gasteiger partial charge is 0.353 e.